The van der Waals surface area contributed by atoms with Crippen LogP contribution in [0.25, 0.3) is 11.3 Å². The fourth-order valence-electron chi connectivity index (χ4n) is 2.13. The first kappa shape index (κ1) is 19.2. The number of halogens is 4. The van der Waals surface area contributed by atoms with E-state index in [2.05, 4.69) is 33.1 Å². The van der Waals surface area contributed by atoms with Gasteiger partial charge in [-0.05, 0) is 65.1 Å². The molecule has 0 atom stereocenters. The van der Waals surface area contributed by atoms with E-state index in [4.69, 9.17) is 39.2 Å². The summed E-state index contributed by atoms with van der Waals surface area (Å²) in [6, 6.07) is 13.8. The highest BCUT2D eigenvalue weighted by atomic mass is 127. The van der Waals surface area contributed by atoms with Crippen molar-refractivity contribution in [1.82, 2.24) is 5.43 Å². The number of hydrogen-bond acceptors (Lipinski definition) is 3. The molecule has 0 saturated heterocycles. The molecule has 1 aromatic heterocycles. The summed E-state index contributed by atoms with van der Waals surface area (Å²) in [6.07, 6.45) is 1.40. The normalized spacial score (nSPS) is 11.1. The Labute approximate surface area is 178 Å². The van der Waals surface area contributed by atoms with Crippen molar-refractivity contribution >= 4 is 69.5 Å². The van der Waals surface area contributed by atoms with Crippen molar-refractivity contribution in [2.75, 3.05) is 0 Å². The minimum Gasteiger partial charge on any atom is -0.455 e. The molecule has 3 rings (SSSR count). The van der Waals surface area contributed by atoms with Gasteiger partial charge < -0.3 is 4.42 Å². The van der Waals surface area contributed by atoms with Crippen LogP contribution in [0.5, 0.6) is 0 Å². The second-order valence-corrected chi connectivity index (χ2v) is 7.62. The van der Waals surface area contributed by atoms with E-state index in [0.717, 1.165) is 3.57 Å². The molecule has 0 unspecified atom stereocenters. The van der Waals surface area contributed by atoms with E-state index < -0.39 is 0 Å². The van der Waals surface area contributed by atoms with E-state index in [-0.39, 0.29) is 5.91 Å². The summed E-state index contributed by atoms with van der Waals surface area (Å²) in [6.45, 7) is 0. The third kappa shape index (κ3) is 4.59. The lowest BCUT2D eigenvalue weighted by Gasteiger charge is -2.03. The smallest absolute Gasteiger partial charge is 0.271 e. The van der Waals surface area contributed by atoms with Gasteiger partial charge in [-0.25, -0.2) is 5.43 Å². The third-order valence-corrected chi connectivity index (χ3v) is 5.05. The van der Waals surface area contributed by atoms with Crippen LogP contribution in [0.4, 0.5) is 0 Å². The Morgan fingerprint density at radius 1 is 1.04 bits per heavy atom. The molecule has 3 aromatic rings. The zero-order valence-electron chi connectivity index (χ0n) is 13.0. The average Bonchev–Trinajstić information content (AvgIpc) is 3.06. The first-order chi connectivity index (χ1) is 12.4. The van der Waals surface area contributed by atoms with Crippen LogP contribution in [0.15, 0.2) is 58.0 Å². The molecule has 1 N–H and O–H groups in total. The highest BCUT2D eigenvalue weighted by Crippen LogP contribution is 2.35. The largest absolute Gasteiger partial charge is 0.455 e. The maximum absolute atomic E-state index is 12.0. The average molecular weight is 520 g/mol. The predicted octanol–water partition coefficient (Wildman–Crippen LogP) is 6.28. The van der Waals surface area contributed by atoms with Gasteiger partial charge in [0, 0.05) is 14.7 Å². The topological polar surface area (TPSA) is 54.6 Å². The van der Waals surface area contributed by atoms with E-state index in [1.807, 2.05) is 6.07 Å². The number of carbonyl (C=O) groups excluding carboxylic acids is 1. The molecule has 0 aliphatic heterocycles. The van der Waals surface area contributed by atoms with E-state index in [1.54, 1.807) is 42.5 Å². The quantitative estimate of drug-likeness (QED) is 0.191. The Kier molecular flexibility index (Phi) is 6.24. The molecule has 0 spiro atoms. The van der Waals surface area contributed by atoms with Crippen LogP contribution in [0.3, 0.4) is 0 Å². The molecule has 2 aromatic carbocycles. The number of amides is 1. The van der Waals surface area contributed by atoms with Crippen LogP contribution in [0, 0.1) is 3.57 Å². The van der Waals surface area contributed by atoms with Gasteiger partial charge in [0.2, 0.25) is 0 Å². The van der Waals surface area contributed by atoms with Gasteiger partial charge >= 0.3 is 0 Å². The van der Waals surface area contributed by atoms with Crippen molar-refractivity contribution in [2.45, 2.75) is 0 Å². The molecule has 0 aliphatic carbocycles. The first-order valence-corrected chi connectivity index (χ1v) is 9.49. The number of furan rings is 1. The number of rotatable bonds is 4. The minimum atomic E-state index is -0.306. The van der Waals surface area contributed by atoms with Crippen molar-refractivity contribution in [3.63, 3.8) is 0 Å². The van der Waals surface area contributed by atoms with Crippen molar-refractivity contribution in [2.24, 2.45) is 5.10 Å². The molecule has 0 fully saturated rings. The Bertz CT molecular complexity index is 1000. The van der Waals surface area contributed by atoms with Gasteiger partial charge in [-0.15, -0.1) is 0 Å². The lowest BCUT2D eigenvalue weighted by Crippen LogP contribution is -2.17. The Balaban J connectivity index is 1.72. The van der Waals surface area contributed by atoms with Crippen molar-refractivity contribution < 1.29 is 9.21 Å². The number of hydrazone groups is 1. The SMILES string of the molecule is O=C(N/N=C/c1ccc(-c2cc(Cl)c(Cl)cc2Cl)o1)c1cccc(I)c1. The summed E-state index contributed by atoms with van der Waals surface area (Å²) >= 11 is 20.3. The van der Waals surface area contributed by atoms with Gasteiger partial charge in [-0.3, -0.25) is 4.79 Å². The Hall–Kier alpha value is -1.54. The monoisotopic (exact) mass is 518 g/mol. The molecule has 26 heavy (non-hydrogen) atoms. The molecule has 4 nitrogen and oxygen atoms in total. The van der Waals surface area contributed by atoms with Gasteiger partial charge in [-0.2, -0.15) is 5.10 Å². The summed E-state index contributed by atoms with van der Waals surface area (Å²) in [7, 11) is 0. The standard InChI is InChI=1S/C18H10Cl3IN2O2/c19-14-8-16(21)15(20)7-13(14)17-5-4-12(26-17)9-23-24-18(25)10-2-1-3-11(22)6-10/h1-9H,(H,24,25)/b23-9+. The van der Waals surface area contributed by atoms with E-state index in [0.29, 0.717) is 37.7 Å². The van der Waals surface area contributed by atoms with Gasteiger partial charge in [0.05, 0.1) is 21.3 Å². The molecule has 0 bridgehead atoms. The summed E-state index contributed by atoms with van der Waals surface area (Å²) < 4.78 is 6.63. The summed E-state index contributed by atoms with van der Waals surface area (Å²) in [4.78, 5) is 12.0. The second-order valence-electron chi connectivity index (χ2n) is 5.16. The van der Waals surface area contributed by atoms with Crippen LogP contribution in [0.1, 0.15) is 16.1 Å². The van der Waals surface area contributed by atoms with Crippen LogP contribution in [0.2, 0.25) is 15.1 Å². The van der Waals surface area contributed by atoms with Crippen LogP contribution in [-0.4, -0.2) is 12.1 Å². The van der Waals surface area contributed by atoms with Crippen molar-refractivity contribution in [3.05, 3.63) is 78.5 Å². The molecule has 132 valence electrons. The maximum atomic E-state index is 12.0. The van der Waals surface area contributed by atoms with Crippen LogP contribution < -0.4 is 5.43 Å². The van der Waals surface area contributed by atoms with Crippen molar-refractivity contribution in [1.29, 1.82) is 0 Å². The number of benzene rings is 2. The van der Waals surface area contributed by atoms with Gasteiger partial charge in [0.1, 0.15) is 11.5 Å². The summed E-state index contributed by atoms with van der Waals surface area (Å²) in [5, 5.41) is 5.07. The number of carbonyl (C=O) groups is 1. The lowest BCUT2D eigenvalue weighted by molar-refractivity contribution is 0.0955. The molecule has 0 radical (unpaired) electrons. The maximum Gasteiger partial charge on any atom is 0.271 e. The number of nitrogens with zero attached hydrogens (tertiary/aromatic N) is 1. The lowest BCUT2D eigenvalue weighted by atomic mass is 10.2. The third-order valence-electron chi connectivity index (χ3n) is 3.35. The van der Waals surface area contributed by atoms with Gasteiger partial charge in [-0.1, -0.05) is 40.9 Å². The zero-order valence-corrected chi connectivity index (χ0v) is 17.4. The van der Waals surface area contributed by atoms with E-state index in [1.165, 1.54) is 6.21 Å². The summed E-state index contributed by atoms with van der Waals surface area (Å²) in [5.74, 6) is 0.656. The predicted molar refractivity (Wildman–Crippen MR) is 113 cm³/mol. The fraction of sp³-hybridized carbons (Fsp3) is 0. The Morgan fingerprint density at radius 2 is 1.81 bits per heavy atom. The van der Waals surface area contributed by atoms with Crippen molar-refractivity contribution in [3.8, 4) is 11.3 Å². The molecule has 0 aliphatic rings. The number of nitrogens with one attached hydrogen (secondary N) is 1. The fourth-order valence-corrected chi connectivity index (χ4v) is 3.31. The minimum absolute atomic E-state index is 0.306. The molecule has 1 amide bonds. The highest BCUT2D eigenvalue weighted by molar-refractivity contribution is 14.1. The molecular formula is C18H10Cl3IN2O2. The van der Waals surface area contributed by atoms with Crippen LogP contribution in [-0.2, 0) is 0 Å². The van der Waals surface area contributed by atoms with E-state index in [9.17, 15) is 4.79 Å². The molecule has 1 heterocycles. The number of hydrogen-bond donors (Lipinski definition) is 1. The summed E-state index contributed by atoms with van der Waals surface area (Å²) in [5.41, 5.74) is 3.59. The molecule has 0 saturated carbocycles. The van der Waals surface area contributed by atoms with E-state index >= 15 is 0 Å². The van der Waals surface area contributed by atoms with Gasteiger partial charge in [0.25, 0.3) is 5.91 Å². The van der Waals surface area contributed by atoms with Crippen LogP contribution >= 0.6 is 57.4 Å². The van der Waals surface area contributed by atoms with Gasteiger partial charge in [0.15, 0.2) is 0 Å². The second kappa shape index (κ2) is 8.43. The Morgan fingerprint density at radius 3 is 2.58 bits per heavy atom. The first-order valence-electron chi connectivity index (χ1n) is 7.28. The molecule has 8 heteroatoms. The molecular weight excluding hydrogens is 509 g/mol. The highest BCUT2D eigenvalue weighted by Gasteiger charge is 2.11. The zero-order chi connectivity index (χ0) is 18.7.